The first kappa shape index (κ1) is 19.5. The van der Waals surface area contributed by atoms with Crippen LogP contribution in [0.15, 0.2) is 42.6 Å². The summed E-state index contributed by atoms with van der Waals surface area (Å²) in [5.74, 6) is 0.874. The normalized spacial score (nSPS) is 14.3. The molecular formula is C21H27ClN4O. The Morgan fingerprint density at radius 2 is 1.89 bits per heavy atom. The molecule has 0 saturated carbocycles. The van der Waals surface area contributed by atoms with Gasteiger partial charge < -0.3 is 15.1 Å². The number of amides is 1. The fourth-order valence-corrected chi connectivity index (χ4v) is 3.44. The molecule has 1 aliphatic heterocycles. The minimum atomic E-state index is -0.0454. The van der Waals surface area contributed by atoms with Gasteiger partial charge in [-0.2, -0.15) is 0 Å². The van der Waals surface area contributed by atoms with Gasteiger partial charge in [0.1, 0.15) is 5.82 Å². The lowest BCUT2D eigenvalue weighted by Gasteiger charge is -2.36. The number of carbonyl (C=O) groups is 1. The van der Waals surface area contributed by atoms with Crippen LogP contribution in [0.25, 0.3) is 0 Å². The fourth-order valence-electron chi connectivity index (χ4n) is 3.25. The predicted octanol–water partition coefficient (Wildman–Crippen LogP) is 3.98. The fraction of sp³-hybridized carbons (Fsp3) is 0.429. The van der Waals surface area contributed by atoms with Crippen LogP contribution >= 0.6 is 11.6 Å². The molecular weight excluding hydrogens is 360 g/mol. The van der Waals surface area contributed by atoms with Gasteiger partial charge in [-0.15, -0.1) is 0 Å². The van der Waals surface area contributed by atoms with Crippen molar-refractivity contribution in [2.75, 3.05) is 42.5 Å². The summed E-state index contributed by atoms with van der Waals surface area (Å²) in [5.41, 5.74) is 1.78. The maximum atomic E-state index is 12.1. The number of pyridine rings is 1. The zero-order valence-corrected chi connectivity index (χ0v) is 16.6. The number of benzene rings is 1. The number of hydrogen-bond acceptors (Lipinski definition) is 4. The highest BCUT2D eigenvalue weighted by molar-refractivity contribution is 6.30. The van der Waals surface area contributed by atoms with E-state index in [-0.39, 0.29) is 5.91 Å². The number of unbranched alkanes of at least 4 members (excludes halogenated alkanes) is 2. The number of anilines is 2. The number of halogens is 1. The van der Waals surface area contributed by atoms with E-state index in [2.05, 4.69) is 33.1 Å². The van der Waals surface area contributed by atoms with E-state index in [1.165, 1.54) is 0 Å². The van der Waals surface area contributed by atoms with Gasteiger partial charge in [-0.1, -0.05) is 37.4 Å². The van der Waals surface area contributed by atoms with Crippen LogP contribution in [0.3, 0.4) is 0 Å². The summed E-state index contributed by atoms with van der Waals surface area (Å²) in [7, 11) is 0. The average molecular weight is 387 g/mol. The lowest BCUT2D eigenvalue weighted by atomic mass is 10.2. The van der Waals surface area contributed by atoms with E-state index in [1.807, 2.05) is 30.3 Å². The topological polar surface area (TPSA) is 48.5 Å². The third-order valence-corrected chi connectivity index (χ3v) is 5.09. The molecule has 2 heterocycles. The second-order valence-electron chi connectivity index (χ2n) is 6.82. The quantitative estimate of drug-likeness (QED) is 0.731. The van der Waals surface area contributed by atoms with Crippen molar-refractivity contribution < 1.29 is 4.79 Å². The molecule has 5 nitrogen and oxygen atoms in total. The molecule has 1 aromatic heterocycles. The standard InChI is InChI=1S/C21H27ClN4O/c1-2-3-4-10-23-21(27)17-8-9-20(24-16-17)26-13-11-25(12-14-26)19-7-5-6-18(22)15-19/h5-9,15-16H,2-4,10-14H2,1H3,(H,23,27). The van der Waals surface area contributed by atoms with Crippen molar-refractivity contribution in [2.24, 2.45) is 0 Å². The Morgan fingerprint density at radius 1 is 1.11 bits per heavy atom. The molecule has 6 heteroatoms. The number of rotatable bonds is 7. The molecule has 144 valence electrons. The summed E-state index contributed by atoms with van der Waals surface area (Å²) in [6.07, 6.45) is 4.98. The SMILES string of the molecule is CCCCCNC(=O)c1ccc(N2CCN(c3cccc(Cl)c3)CC2)nc1. The molecule has 0 unspecified atom stereocenters. The van der Waals surface area contributed by atoms with Crippen LogP contribution in [0.1, 0.15) is 36.5 Å². The third kappa shape index (κ3) is 5.36. The van der Waals surface area contributed by atoms with Crippen molar-refractivity contribution in [1.29, 1.82) is 0 Å². The molecule has 0 atom stereocenters. The van der Waals surface area contributed by atoms with Gasteiger partial charge in [-0.3, -0.25) is 4.79 Å². The summed E-state index contributed by atoms with van der Waals surface area (Å²) in [4.78, 5) is 21.2. The van der Waals surface area contributed by atoms with E-state index in [1.54, 1.807) is 6.20 Å². The lowest BCUT2D eigenvalue weighted by molar-refractivity contribution is 0.0952. The van der Waals surface area contributed by atoms with Gasteiger partial charge >= 0.3 is 0 Å². The first-order chi connectivity index (χ1) is 13.2. The number of carbonyl (C=O) groups excluding carboxylic acids is 1. The molecule has 1 N–H and O–H groups in total. The van der Waals surface area contributed by atoms with Crippen LogP contribution in [0, 0.1) is 0 Å². The van der Waals surface area contributed by atoms with E-state index in [0.717, 1.165) is 68.5 Å². The van der Waals surface area contributed by atoms with Gasteiger partial charge in [0.25, 0.3) is 5.91 Å². The summed E-state index contributed by atoms with van der Waals surface area (Å²) in [6.45, 7) is 6.49. The predicted molar refractivity (Wildman–Crippen MR) is 112 cm³/mol. The van der Waals surface area contributed by atoms with Crippen molar-refractivity contribution in [3.63, 3.8) is 0 Å². The first-order valence-electron chi connectivity index (χ1n) is 9.67. The second kappa shape index (κ2) is 9.60. The smallest absolute Gasteiger partial charge is 0.252 e. The molecule has 0 radical (unpaired) electrons. The van der Waals surface area contributed by atoms with E-state index >= 15 is 0 Å². The Balaban J connectivity index is 1.52. The van der Waals surface area contributed by atoms with Gasteiger partial charge in [-0.25, -0.2) is 4.98 Å². The van der Waals surface area contributed by atoms with Gasteiger partial charge in [0.05, 0.1) is 5.56 Å². The van der Waals surface area contributed by atoms with Crippen LogP contribution in [0.4, 0.5) is 11.5 Å². The van der Waals surface area contributed by atoms with Crippen molar-refractivity contribution in [1.82, 2.24) is 10.3 Å². The van der Waals surface area contributed by atoms with E-state index in [0.29, 0.717) is 5.56 Å². The second-order valence-corrected chi connectivity index (χ2v) is 7.26. The van der Waals surface area contributed by atoms with Crippen molar-refractivity contribution in [3.05, 3.63) is 53.2 Å². The lowest BCUT2D eigenvalue weighted by Crippen LogP contribution is -2.46. The monoisotopic (exact) mass is 386 g/mol. The highest BCUT2D eigenvalue weighted by Gasteiger charge is 2.18. The number of nitrogens with one attached hydrogen (secondary N) is 1. The largest absolute Gasteiger partial charge is 0.368 e. The zero-order chi connectivity index (χ0) is 19.1. The van der Waals surface area contributed by atoms with Gasteiger partial charge in [0.2, 0.25) is 0 Å². The van der Waals surface area contributed by atoms with E-state index in [4.69, 9.17) is 11.6 Å². The summed E-state index contributed by atoms with van der Waals surface area (Å²) in [5, 5.41) is 3.72. The Kier molecular flexibility index (Phi) is 6.93. The first-order valence-corrected chi connectivity index (χ1v) is 10.0. The summed E-state index contributed by atoms with van der Waals surface area (Å²) in [6, 6.07) is 11.8. The maximum absolute atomic E-state index is 12.1. The molecule has 0 bridgehead atoms. The van der Waals surface area contributed by atoms with Crippen LogP contribution < -0.4 is 15.1 Å². The molecule has 1 fully saturated rings. The van der Waals surface area contributed by atoms with E-state index in [9.17, 15) is 4.79 Å². The molecule has 0 aliphatic carbocycles. The molecule has 1 aliphatic rings. The van der Waals surface area contributed by atoms with Gasteiger partial charge in [-0.05, 0) is 36.8 Å². The Morgan fingerprint density at radius 3 is 2.56 bits per heavy atom. The van der Waals surface area contributed by atoms with Crippen LogP contribution in [0.2, 0.25) is 5.02 Å². The minimum absolute atomic E-state index is 0.0454. The Bertz CT molecular complexity index is 742. The van der Waals surface area contributed by atoms with E-state index < -0.39 is 0 Å². The molecule has 1 amide bonds. The number of hydrogen-bond donors (Lipinski definition) is 1. The summed E-state index contributed by atoms with van der Waals surface area (Å²) >= 11 is 6.10. The number of piperazine rings is 1. The minimum Gasteiger partial charge on any atom is -0.368 e. The Labute approximate surface area is 166 Å². The molecule has 0 spiro atoms. The van der Waals surface area contributed by atoms with Crippen LogP contribution in [0.5, 0.6) is 0 Å². The van der Waals surface area contributed by atoms with Crippen molar-refractivity contribution in [3.8, 4) is 0 Å². The zero-order valence-electron chi connectivity index (χ0n) is 15.8. The average Bonchev–Trinajstić information content (AvgIpc) is 2.71. The molecule has 1 aromatic carbocycles. The third-order valence-electron chi connectivity index (χ3n) is 4.85. The number of nitrogens with zero attached hydrogens (tertiary/aromatic N) is 3. The highest BCUT2D eigenvalue weighted by atomic mass is 35.5. The molecule has 1 saturated heterocycles. The number of aromatic nitrogens is 1. The maximum Gasteiger partial charge on any atom is 0.252 e. The molecule has 27 heavy (non-hydrogen) atoms. The van der Waals surface area contributed by atoms with Gasteiger partial charge in [0, 0.05) is 49.6 Å². The van der Waals surface area contributed by atoms with Crippen LogP contribution in [-0.2, 0) is 0 Å². The van der Waals surface area contributed by atoms with Crippen molar-refractivity contribution in [2.45, 2.75) is 26.2 Å². The van der Waals surface area contributed by atoms with Crippen molar-refractivity contribution >= 4 is 29.0 Å². The van der Waals surface area contributed by atoms with Gasteiger partial charge in [0.15, 0.2) is 0 Å². The molecule has 3 rings (SSSR count). The van der Waals surface area contributed by atoms with Crippen LogP contribution in [-0.4, -0.2) is 43.6 Å². The summed E-state index contributed by atoms with van der Waals surface area (Å²) < 4.78 is 0. The molecule has 2 aromatic rings. The highest BCUT2D eigenvalue weighted by Crippen LogP contribution is 2.22. The Hall–Kier alpha value is -2.27.